The Labute approximate surface area is 160 Å². The maximum absolute atomic E-state index is 12.7. The van der Waals surface area contributed by atoms with Crippen LogP contribution in [0.3, 0.4) is 0 Å². The number of aryl methyl sites for hydroxylation is 2. The number of nitrogens with zero attached hydrogens (tertiary/aromatic N) is 1. The number of sulfonamides is 1. The van der Waals surface area contributed by atoms with Gasteiger partial charge in [-0.15, -0.1) is 0 Å². The van der Waals surface area contributed by atoms with Gasteiger partial charge in [-0.2, -0.15) is 0 Å². The van der Waals surface area contributed by atoms with E-state index in [0.717, 1.165) is 40.2 Å². The van der Waals surface area contributed by atoms with Gasteiger partial charge in [-0.1, -0.05) is 43.6 Å². The van der Waals surface area contributed by atoms with Crippen molar-refractivity contribution < 1.29 is 13.2 Å². The van der Waals surface area contributed by atoms with Crippen LogP contribution >= 0.6 is 11.6 Å². The van der Waals surface area contributed by atoms with E-state index in [1.54, 1.807) is 6.07 Å². The quantitative estimate of drug-likeness (QED) is 0.801. The first-order valence-electron chi connectivity index (χ1n) is 8.34. The summed E-state index contributed by atoms with van der Waals surface area (Å²) >= 11 is 6.25. The first kappa shape index (κ1) is 20.3. The van der Waals surface area contributed by atoms with Gasteiger partial charge in [0.05, 0.1) is 22.5 Å². The van der Waals surface area contributed by atoms with Crippen LogP contribution in [0.4, 0.5) is 11.4 Å². The number of amides is 1. The highest BCUT2D eigenvalue weighted by atomic mass is 35.5. The van der Waals surface area contributed by atoms with Crippen molar-refractivity contribution in [1.29, 1.82) is 0 Å². The molecule has 2 aromatic rings. The minimum absolute atomic E-state index is 0.197. The third kappa shape index (κ3) is 4.37. The lowest BCUT2D eigenvalue weighted by Gasteiger charge is -2.18. The molecule has 7 heteroatoms. The van der Waals surface area contributed by atoms with E-state index in [1.165, 1.54) is 19.2 Å². The number of benzene rings is 2. The van der Waals surface area contributed by atoms with Crippen molar-refractivity contribution in [2.75, 3.05) is 22.9 Å². The summed E-state index contributed by atoms with van der Waals surface area (Å²) in [5, 5.41) is 3.16. The maximum Gasteiger partial charge on any atom is 0.257 e. The SMILES string of the molecule is CCc1cccc(CC)c1NC(=O)c1ccc(N(C)S(C)(=O)=O)cc1Cl. The van der Waals surface area contributed by atoms with Crippen LogP contribution in [0.25, 0.3) is 0 Å². The molecule has 0 aliphatic rings. The van der Waals surface area contributed by atoms with Crippen molar-refractivity contribution in [3.8, 4) is 0 Å². The van der Waals surface area contributed by atoms with Crippen LogP contribution in [-0.2, 0) is 22.9 Å². The van der Waals surface area contributed by atoms with E-state index in [4.69, 9.17) is 11.6 Å². The number of nitrogens with one attached hydrogen (secondary N) is 1. The predicted molar refractivity (Wildman–Crippen MR) is 108 cm³/mol. The zero-order valence-corrected chi connectivity index (χ0v) is 16.9. The molecule has 0 spiro atoms. The molecule has 0 aliphatic carbocycles. The molecular formula is C19H23ClN2O3S. The van der Waals surface area contributed by atoms with E-state index in [1.807, 2.05) is 32.0 Å². The van der Waals surface area contributed by atoms with Gasteiger partial charge in [-0.25, -0.2) is 8.42 Å². The summed E-state index contributed by atoms with van der Waals surface area (Å²) in [5.74, 6) is -0.320. The Kier molecular flexibility index (Phi) is 6.31. The molecule has 0 saturated heterocycles. The largest absolute Gasteiger partial charge is 0.321 e. The molecule has 2 aromatic carbocycles. The third-order valence-electron chi connectivity index (χ3n) is 4.30. The predicted octanol–water partition coefficient (Wildman–Crippen LogP) is 4.11. The average Bonchev–Trinajstić information content (AvgIpc) is 2.60. The number of hydrogen-bond acceptors (Lipinski definition) is 3. The standard InChI is InChI=1S/C19H23ClN2O3S/c1-5-13-8-7-9-14(6-2)18(13)21-19(23)16-11-10-15(12-17(16)20)22(3)26(4,24)25/h7-12H,5-6H2,1-4H3,(H,21,23). The third-order valence-corrected chi connectivity index (χ3v) is 5.81. The summed E-state index contributed by atoms with van der Waals surface area (Å²) in [7, 11) is -1.96. The summed E-state index contributed by atoms with van der Waals surface area (Å²) in [6.45, 7) is 4.07. The number of rotatable bonds is 6. The number of halogens is 1. The van der Waals surface area contributed by atoms with Gasteiger partial charge in [0.2, 0.25) is 10.0 Å². The molecule has 26 heavy (non-hydrogen) atoms. The Morgan fingerprint density at radius 3 is 2.15 bits per heavy atom. The molecule has 0 aliphatic heterocycles. The number of hydrogen-bond donors (Lipinski definition) is 1. The molecule has 0 radical (unpaired) electrons. The van der Waals surface area contributed by atoms with Crippen molar-refractivity contribution in [3.63, 3.8) is 0 Å². The molecule has 0 unspecified atom stereocenters. The lowest BCUT2D eigenvalue weighted by atomic mass is 10.0. The second kappa shape index (κ2) is 8.10. The summed E-state index contributed by atoms with van der Waals surface area (Å²) in [6.07, 6.45) is 2.71. The monoisotopic (exact) mass is 394 g/mol. The lowest BCUT2D eigenvalue weighted by molar-refractivity contribution is 0.102. The van der Waals surface area contributed by atoms with E-state index < -0.39 is 10.0 Å². The lowest BCUT2D eigenvalue weighted by Crippen LogP contribution is -2.25. The van der Waals surface area contributed by atoms with Crippen molar-refractivity contribution >= 4 is 38.9 Å². The minimum atomic E-state index is -3.40. The Morgan fingerprint density at radius 2 is 1.69 bits per heavy atom. The smallest absolute Gasteiger partial charge is 0.257 e. The summed E-state index contributed by atoms with van der Waals surface area (Å²) in [6, 6.07) is 10.5. The molecule has 0 atom stereocenters. The first-order chi connectivity index (χ1) is 12.2. The Hall–Kier alpha value is -2.05. The van der Waals surface area contributed by atoms with Crippen LogP contribution in [0.1, 0.15) is 35.3 Å². The zero-order valence-electron chi connectivity index (χ0n) is 15.3. The molecule has 1 amide bonds. The Bertz CT molecular complexity index is 904. The van der Waals surface area contributed by atoms with Gasteiger partial charge in [0.1, 0.15) is 0 Å². The highest BCUT2D eigenvalue weighted by Crippen LogP contribution is 2.27. The maximum atomic E-state index is 12.7. The van der Waals surface area contributed by atoms with Crippen LogP contribution < -0.4 is 9.62 Å². The van der Waals surface area contributed by atoms with Gasteiger partial charge in [-0.05, 0) is 42.2 Å². The fourth-order valence-electron chi connectivity index (χ4n) is 2.66. The van der Waals surface area contributed by atoms with Crippen LogP contribution in [-0.4, -0.2) is 27.6 Å². The molecule has 0 bridgehead atoms. The Morgan fingerprint density at radius 1 is 1.12 bits per heavy atom. The molecular weight excluding hydrogens is 372 g/mol. The van der Waals surface area contributed by atoms with E-state index in [2.05, 4.69) is 5.32 Å². The normalized spacial score (nSPS) is 11.3. The van der Waals surface area contributed by atoms with Crippen LogP contribution in [0.2, 0.25) is 5.02 Å². The average molecular weight is 395 g/mol. The molecule has 1 N–H and O–H groups in total. The Balaban J connectivity index is 2.35. The molecule has 0 heterocycles. The van der Waals surface area contributed by atoms with E-state index >= 15 is 0 Å². The van der Waals surface area contributed by atoms with Crippen molar-refractivity contribution in [2.45, 2.75) is 26.7 Å². The molecule has 0 fully saturated rings. The van der Waals surface area contributed by atoms with Crippen molar-refractivity contribution in [3.05, 3.63) is 58.1 Å². The molecule has 0 saturated carbocycles. The highest BCUT2D eigenvalue weighted by Gasteiger charge is 2.17. The van der Waals surface area contributed by atoms with E-state index in [0.29, 0.717) is 11.3 Å². The number of anilines is 2. The zero-order chi connectivity index (χ0) is 19.5. The summed E-state index contributed by atoms with van der Waals surface area (Å²) < 4.78 is 24.4. The van der Waals surface area contributed by atoms with Crippen molar-refractivity contribution in [2.24, 2.45) is 0 Å². The molecule has 2 rings (SSSR count). The second-order valence-electron chi connectivity index (χ2n) is 6.01. The van der Waals surface area contributed by atoms with Gasteiger partial charge < -0.3 is 5.32 Å². The van der Waals surface area contributed by atoms with E-state index in [-0.39, 0.29) is 10.9 Å². The van der Waals surface area contributed by atoms with Crippen LogP contribution in [0, 0.1) is 0 Å². The van der Waals surface area contributed by atoms with Gasteiger partial charge >= 0.3 is 0 Å². The van der Waals surface area contributed by atoms with Gasteiger partial charge in [0.15, 0.2) is 0 Å². The number of carbonyl (C=O) groups excluding carboxylic acids is 1. The molecule has 5 nitrogen and oxygen atoms in total. The second-order valence-corrected chi connectivity index (χ2v) is 8.43. The minimum Gasteiger partial charge on any atom is -0.321 e. The topological polar surface area (TPSA) is 66.5 Å². The fourth-order valence-corrected chi connectivity index (χ4v) is 3.42. The molecule has 0 aromatic heterocycles. The van der Waals surface area contributed by atoms with Gasteiger partial charge in [-0.3, -0.25) is 9.10 Å². The fraction of sp³-hybridized carbons (Fsp3) is 0.316. The number of para-hydroxylation sites is 1. The van der Waals surface area contributed by atoms with Crippen LogP contribution in [0.15, 0.2) is 36.4 Å². The van der Waals surface area contributed by atoms with E-state index in [9.17, 15) is 13.2 Å². The first-order valence-corrected chi connectivity index (χ1v) is 10.6. The number of carbonyl (C=O) groups is 1. The van der Waals surface area contributed by atoms with Crippen molar-refractivity contribution in [1.82, 2.24) is 0 Å². The van der Waals surface area contributed by atoms with Gasteiger partial charge in [0, 0.05) is 12.7 Å². The van der Waals surface area contributed by atoms with Gasteiger partial charge in [0.25, 0.3) is 5.91 Å². The molecule has 140 valence electrons. The highest BCUT2D eigenvalue weighted by molar-refractivity contribution is 7.92. The van der Waals surface area contributed by atoms with Crippen LogP contribution in [0.5, 0.6) is 0 Å². The summed E-state index contributed by atoms with van der Waals surface area (Å²) in [5.41, 5.74) is 3.63. The summed E-state index contributed by atoms with van der Waals surface area (Å²) in [4.78, 5) is 12.7.